The molecule has 0 heterocycles. The minimum Gasteiger partial charge on any atom is -0.309 e. The van der Waals surface area contributed by atoms with Crippen LogP contribution in [0.25, 0.3) is 98.0 Å². The van der Waals surface area contributed by atoms with E-state index < -0.39 is 23.5 Å². The van der Waals surface area contributed by atoms with Crippen molar-refractivity contribution in [1.82, 2.24) is 0 Å². The van der Waals surface area contributed by atoms with Crippen molar-refractivity contribution >= 4 is 98.8 Å². The largest absolute Gasteiger partial charge is 0.416 e. The van der Waals surface area contributed by atoms with Gasteiger partial charge in [0.05, 0.1) is 22.5 Å². The van der Waals surface area contributed by atoms with Crippen molar-refractivity contribution in [3.8, 4) is 33.4 Å². The van der Waals surface area contributed by atoms with E-state index in [1.807, 2.05) is 84.9 Å². The zero-order chi connectivity index (χ0) is 57.4. The van der Waals surface area contributed by atoms with Crippen LogP contribution in [0.3, 0.4) is 0 Å². The molecule has 0 saturated carbocycles. The Kier molecular flexibility index (Phi) is 12.5. The molecule has 0 fully saturated rings. The summed E-state index contributed by atoms with van der Waals surface area (Å²) in [5.74, 6) is -0.340. The molecule has 14 aromatic carbocycles. The molecule has 14 rings (SSSR count). The van der Waals surface area contributed by atoms with Gasteiger partial charge < -0.3 is 9.80 Å². The summed E-state index contributed by atoms with van der Waals surface area (Å²) in [4.78, 5) is 3.96. The predicted molar refractivity (Wildman–Crippen MR) is 332 cm³/mol. The average molecular weight is 1110 g/mol. The minimum absolute atomic E-state index is 0.320. The Hall–Kier alpha value is -10.3. The minimum atomic E-state index is -4.63. The number of fused-ring (bicyclic) bond motifs is 6. The number of anilines is 6. The lowest BCUT2D eigenvalue weighted by molar-refractivity contribution is -0.138. The van der Waals surface area contributed by atoms with Crippen LogP contribution in [-0.4, -0.2) is 0 Å². The zero-order valence-electron chi connectivity index (χ0n) is 44.9. The Morgan fingerprint density at radius 1 is 0.274 bits per heavy atom. The number of rotatable bonds is 9. The Morgan fingerprint density at radius 2 is 0.536 bits per heavy atom. The number of hydrogen-bond acceptors (Lipinski definition) is 2. The van der Waals surface area contributed by atoms with Crippen LogP contribution < -0.4 is 9.80 Å². The molecule has 84 heavy (non-hydrogen) atoms. The molecular formula is C75H47F7N2. The quantitative estimate of drug-likeness (QED) is 0.105. The highest BCUT2D eigenvalue weighted by atomic mass is 19.4. The smallest absolute Gasteiger partial charge is 0.309 e. The van der Waals surface area contributed by atoms with Crippen molar-refractivity contribution in [2.24, 2.45) is 0 Å². The summed E-state index contributed by atoms with van der Waals surface area (Å²) in [6.45, 7) is 2.05. The third kappa shape index (κ3) is 9.00. The summed E-state index contributed by atoms with van der Waals surface area (Å²) >= 11 is 0. The van der Waals surface area contributed by atoms with Gasteiger partial charge >= 0.3 is 12.4 Å². The first kappa shape index (κ1) is 51.9. The number of halogens is 7. The van der Waals surface area contributed by atoms with Crippen molar-refractivity contribution in [1.29, 1.82) is 0 Å². The van der Waals surface area contributed by atoms with Crippen molar-refractivity contribution in [3.05, 3.63) is 289 Å². The van der Waals surface area contributed by atoms with Crippen molar-refractivity contribution < 1.29 is 30.7 Å². The van der Waals surface area contributed by atoms with Gasteiger partial charge in [-0.05, 0) is 193 Å². The van der Waals surface area contributed by atoms with Gasteiger partial charge in [0, 0.05) is 44.3 Å². The lowest BCUT2D eigenvalue weighted by Crippen LogP contribution is -2.13. The lowest BCUT2D eigenvalue weighted by Gasteiger charge is -2.30. The van der Waals surface area contributed by atoms with Gasteiger partial charge in [0.2, 0.25) is 0 Å². The number of aryl methyl sites for hydroxylation is 1. The molecule has 0 aromatic heterocycles. The molecule has 14 aromatic rings. The van der Waals surface area contributed by atoms with E-state index in [-0.39, 0.29) is 5.82 Å². The number of alkyl halides is 6. The SMILES string of the molecule is Cc1ccc(N(c2ccc(F)cc2)c2c3ccccc3c(-c3cc(-c4c5ccccc5cc5ccccc45)cc(-c4c5ccccc5c(N(c5ccc(C(F)(F)F)cc5)c5ccc(C(F)(F)F)cc5)c5ccccc45)c3)c3ccccc23)cc1. The third-order valence-corrected chi connectivity index (χ3v) is 16.1. The highest BCUT2D eigenvalue weighted by molar-refractivity contribution is 6.25. The maximum Gasteiger partial charge on any atom is 0.416 e. The van der Waals surface area contributed by atoms with Gasteiger partial charge in [-0.3, -0.25) is 0 Å². The molecule has 0 aliphatic heterocycles. The molecule has 0 saturated heterocycles. The van der Waals surface area contributed by atoms with Crippen LogP contribution in [0.1, 0.15) is 16.7 Å². The first-order valence-corrected chi connectivity index (χ1v) is 27.5. The zero-order valence-corrected chi connectivity index (χ0v) is 44.9. The normalized spacial score (nSPS) is 12.0. The van der Waals surface area contributed by atoms with Gasteiger partial charge in [0.15, 0.2) is 0 Å². The van der Waals surface area contributed by atoms with E-state index in [0.717, 1.165) is 134 Å². The van der Waals surface area contributed by atoms with Crippen LogP contribution in [0.2, 0.25) is 0 Å². The molecule has 0 spiro atoms. The first-order valence-electron chi connectivity index (χ1n) is 27.5. The maximum absolute atomic E-state index is 14.8. The van der Waals surface area contributed by atoms with Gasteiger partial charge in [-0.1, -0.05) is 163 Å². The van der Waals surface area contributed by atoms with Gasteiger partial charge in [-0.2, -0.15) is 26.3 Å². The Labute approximate surface area is 479 Å². The predicted octanol–water partition coefficient (Wildman–Crippen LogP) is 23.0. The fraction of sp³-hybridized carbons (Fsp3) is 0.0400. The van der Waals surface area contributed by atoms with Gasteiger partial charge in [-0.25, -0.2) is 4.39 Å². The molecule has 2 nitrogen and oxygen atoms in total. The number of benzene rings is 14. The Morgan fingerprint density at radius 3 is 0.857 bits per heavy atom. The molecule has 0 N–H and O–H groups in total. The lowest BCUT2D eigenvalue weighted by atomic mass is 9.83. The van der Waals surface area contributed by atoms with E-state index in [2.05, 4.69) is 133 Å². The van der Waals surface area contributed by atoms with Crippen molar-refractivity contribution in [2.75, 3.05) is 9.80 Å². The summed E-state index contributed by atoms with van der Waals surface area (Å²) in [7, 11) is 0. The molecule has 0 aliphatic rings. The molecule has 0 aliphatic carbocycles. The average Bonchev–Trinajstić information content (AvgIpc) is 1.55. The van der Waals surface area contributed by atoms with Crippen molar-refractivity contribution in [3.63, 3.8) is 0 Å². The molecule has 0 atom stereocenters. The Bertz CT molecular complexity index is 4610. The van der Waals surface area contributed by atoms with E-state index in [9.17, 15) is 30.7 Å². The fourth-order valence-corrected chi connectivity index (χ4v) is 12.4. The standard InChI is InChI=1S/C75H47F7N2/c1-46-26-34-55(35-27-46)83(58-40-32-54(76)33-41-58)72-65-22-10-6-18-61(65)70(62-19-7-11-23-66(62)72)50-43-49(69-59-16-4-2-14-47(59)42-48-15-3-5-17-60(48)69)44-51(45-50)71-63-20-8-12-24-67(63)73(68-25-13-9-21-64(68)71)84(56-36-28-52(29-37-56)74(77,78)79)57-38-30-53(31-39-57)75(80,81)82/h2-45H,1H3. The van der Waals surface area contributed by atoms with E-state index >= 15 is 0 Å². The summed E-state index contributed by atoms with van der Waals surface area (Å²) in [5.41, 5.74) is 8.88. The van der Waals surface area contributed by atoms with E-state index in [4.69, 9.17) is 0 Å². The summed E-state index contributed by atoms with van der Waals surface area (Å²) < 4.78 is 100.0. The fourth-order valence-electron chi connectivity index (χ4n) is 12.4. The second-order valence-corrected chi connectivity index (χ2v) is 21.2. The molecule has 0 radical (unpaired) electrons. The second-order valence-electron chi connectivity index (χ2n) is 21.2. The molecule has 0 unspecified atom stereocenters. The molecular weight excluding hydrogens is 1060 g/mol. The molecule has 0 amide bonds. The van der Waals surface area contributed by atoms with Gasteiger partial charge in [-0.15, -0.1) is 0 Å². The Balaban J connectivity index is 1.09. The van der Waals surface area contributed by atoms with Crippen LogP contribution in [0, 0.1) is 12.7 Å². The van der Waals surface area contributed by atoms with Gasteiger partial charge in [0.1, 0.15) is 5.82 Å². The van der Waals surface area contributed by atoms with Gasteiger partial charge in [0.25, 0.3) is 0 Å². The molecule has 406 valence electrons. The van der Waals surface area contributed by atoms with Crippen molar-refractivity contribution in [2.45, 2.75) is 19.3 Å². The molecule has 0 bridgehead atoms. The van der Waals surface area contributed by atoms with Crippen LogP contribution in [0.5, 0.6) is 0 Å². The molecule has 9 heteroatoms. The topological polar surface area (TPSA) is 6.48 Å². The van der Waals surface area contributed by atoms with E-state index in [1.54, 1.807) is 4.90 Å². The maximum atomic E-state index is 14.8. The van der Waals surface area contributed by atoms with Crippen LogP contribution >= 0.6 is 0 Å². The van der Waals surface area contributed by atoms with Crippen LogP contribution in [0.4, 0.5) is 64.9 Å². The van der Waals surface area contributed by atoms with Crippen LogP contribution in [0.15, 0.2) is 267 Å². The van der Waals surface area contributed by atoms with E-state index in [0.29, 0.717) is 27.8 Å². The summed E-state index contributed by atoms with van der Waals surface area (Å²) in [6, 6.07) is 82.7. The summed E-state index contributed by atoms with van der Waals surface area (Å²) in [5, 5.41) is 11.2. The highest BCUT2D eigenvalue weighted by Gasteiger charge is 2.33. The third-order valence-electron chi connectivity index (χ3n) is 16.1. The number of nitrogens with zero attached hydrogens (tertiary/aromatic N) is 2. The second kappa shape index (κ2) is 20.3. The van der Waals surface area contributed by atoms with Crippen LogP contribution in [-0.2, 0) is 12.4 Å². The monoisotopic (exact) mass is 1110 g/mol. The first-order chi connectivity index (χ1) is 40.8. The summed E-state index contributed by atoms with van der Waals surface area (Å²) in [6.07, 6.45) is -9.26. The van der Waals surface area contributed by atoms with E-state index in [1.165, 1.54) is 36.4 Å². The number of hydrogen-bond donors (Lipinski definition) is 0. The highest BCUT2D eigenvalue weighted by Crippen LogP contribution is 2.53.